The van der Waals surface area contributed by atoms with Gasteiger partial charge in [0.2, 0.25) is 5.91 Å². The van der Waals surface area contributed by atoms with E-state index >= 15 is 0 Å². The van der Waals surface area contributed by atoms with Gasteiger partial charge in [0.15, 0.2) is 0 Å². The van der Waals surface area contributed by atoms with Crippen molar-refractivity contribution >= 4 is 17.8 Å². The highest BCUT2D eigenvalue weighted by atomic mass is 16.6. The first-order chi connectivity index (χ1) is 13.2. The number of amides is 1. The van der Waals surface area contributed by atoms with Crippen LogP contribution in [-0.4, -0.2) is 17.0 Å². The van der Waals surface area contributed by atoms with Gasteiger partial charge in [0.1, 0.15) is 0 Å². The molecule has 0 heterocycles. The zero-order valence-electron chi connectivity index (χ0n) is 15.3. The molecule has 0 aromatic heterocycles. The largest absolute Gasteiger partial charge is 0.273 e. The molecule has 0 bridgehead atoms. The van der Waals surface area contributed by atoms with Crippen molar-refractivity contribution in [3.8, 4) is 0 Å². The zero-order chi connectivity index (χ0) is 19.1. The molecule has 142 valence electrons. The standard InChI is InChI=1S/C21H25N3O3/c25-21(23-22-15-16-11-13-17(14-12-16)24(26)27)20-18-9-7-5-3-1-2-4-6-8-10-19(18)20/h3-6,11-15,18-20H,1-2,7-10H2,(H,23,25)/b5-3-,6-4-,22-15-/t18-,19+,20?. The number of rotatable bonds is 4. The van der Waals surface area contributed by atoms with E-state index in [9.17, 15) is 14.9 Å². The van der Waals surface area contributed by atoms with Gasteiger partial charge in [-0.25, -0.2) is 5.43 Å². The minimum Gasteiger partial charge on any atom is -0.273 e. The van der Waals surface area contributed by atoms with Crippen molar-refractivity contribution in [1.29, 1.82) is 0 Å². The molecule has 0 saturated heterocycles. The predicted molar refractivity (Wildman–Crippen MR) is 105 cm³/mol. The highest BCUT2D eigenvalue weighted by Gasteiger charge is 2.52. The number of benzene rings is 1. The van der Waals surface area contributed by atoms with Crippen LogP contribution in [-0.2, 0) is 4.79 Å². The van der Waals surface area contributed by atoms with Crippen LogP contribution < -0.4 is 5.43 Å². The summed E-state index contributed by atoms with van der Waals surface area (Å²) in [6.07, 6.45) is 16.8. The normalized spacial score (nSPS) is 27.6. The topological polar surface area (TPSA) is 84.6 Å². The van der Waals surface area contributed by atoms with Gasteiger partial charge in [-0.05, 0) is 68.1 Å². The smallest absolute Gasteiger partial charge is 0.269 e. The summed E-state index contributed by atoms with van der Waals surface area (Å²) in [6.45, 7) is 0. The number of non-ortho nitro benzene ring substituents is 1. The Balaban J connectivity index is 1.53. The van der Waals surface area contributed by atoms with E-state index in [4.69, 9.17) is 0 Å². The molecule has 2 aliphatic rings. The SMILES string of the molecule is O=C(N/N=C\c1ccc([N+](=O)[O-])cc1)C1[C@H]2CC/C=C\CC/C=C\CC[C@@H]12. The first kappa shape index (κ1) is 19.0. The maximum atomic E-state index is 12.5. The number of allylic oxidation sites excluding steroid dienone is 4. The molecule has 3 atom stereocenters. The third-order valence-corrected chi connectivity index (χ3v) is 5.29. The highest BCUT2D eigenvalue weighted by Crippen LogP contribution is 2.52. The molecule has 1 fully saturated rings. The van der Waals surface area contributed by atoms with Gasteiger partial charge in [-0.15, -0.1) is 0 Å². The fourth-order valence-electron chi connectivity index (χ4n) is 3.79. The van der Waals surface area contributed by atoms with Crippen LogP contribution in [0.2, 0.25) is 0 Å². The fourth-order valence-corrected chi connectivity index (χ4v) is 3.79. The number of nitro benzene ring substituents is 1. The number of hydrazone groups is 1. The summed E-state index contributed by atoms with van der Waals surface area (Å²) >= 11 is 0. The van der Waals surface area contributed by atoms with Crippen molar-refractivity contribution in [2.24, 2.45) is 22.9 Å². The highest BCUT2D eigenvalue weighted by molar-refractivity contribution is 5.85. The monoisotopic (exact) mass is 367 g/mol. The van der Waals surface area contributed by atoms with Crippen molar-refractivity contribution in [2.75, 3.05) is 0 Å². The maximum Gasteiger partial charge on any atom is 0.269 e. The van der Waals surface area contributed by atoms with Crippen LogP contribution in [0.15, 0.2) is 53.7 Å². The molecule has 0 spiro atoms. The Bertz CT molecular complexity index is 728. The molecule has 1 aromatic carbocycles. The van der Waals surface area contributed by atoms with Crippen LogP contribution >= 0.6 is 0 Å². The Hall–Kier alpha value is -2.76. The van der Waals surface area contributed by atoms with Crippen molar-refractivity contribution < 1.29 is 9.72 Å². The molecule has 1 saturated carbocycles. The van der Waals surface area contributed by atoms with E-state index in [0.29, 0.717) is 17.4 Å². The van der Waals surface area contributed by atoms with Crippen LogP contribution in [0.1, 0.15) is 44.1 Å². The average Bonchev–Trinajstić information content (AvgIpc) is 3.34. The second-order valence-corrected chi connectivity index (χ2v) is 7.11. The van der Waals surface area contributed by atoms with E-state index in [1.165, 1.54) is 18.3 Å². The number of nitrogens with one attached hydrogen (secondary N) is 1. The van der Waals surface area contributed by atoms with Gasteiger partial charge >= 0.3 is 0 Å². The average molecular weight is 367 g/mol. The molecular formula is C21H25N3O3. The fraction of sp³-hybridized carbons (Fsp3) is 0.429. The third-order valence-electron chi connectivity index (χ3n) is 5.29. The van der Waals surface area contributed by atoms with Crippen LogP contribution in [0.5, 0.6) is 0 Å². The van der Waals surface area contributed by atoms with Gasteiger partial charge in [0.25, 0.3) is 5.69 Å². The molecule has 1 amide bonds. The summed E-state index contributed by atoms with van der Waals surface area (Å²) in [5.41, 5.74) is 3.39. The number of hydrogen-bond donors (Lipinski definition) is 1. The Morgan fingerprint density at radius 1 is 1.00 bits per heavy atom. The maximum absolute atomic E-state index is 12.5. The minimum atomic E-state index is -0.443. The quantitative estimate of drug-likeness (QED) is 0.371. The Labute approximate surface area is 159 Å². The molecule has 3 rings (SSSR count). The van der Waals surface area contributed by atoms with E-state index in [-0.39, 0.29) is 17.5 Å². The summed E-state index contributed by atoms with van der Waals surface area (Å²) in [5, 5.41) is 14.7. The number of carbonyl (C=O) groups is 1. The lowest BCUT2D eigenvalue weighted by atomic mass is 10.1. The molecule has 6 heteroatoms. The van der Waals surface area contributed by atoms with E-state index in [2.05, 4.69) is 34.8 Å². The molecular weight excluding hydrogens is 342 g/mol. The number of hydrogen-bond acceptors (Lipinski definition) is 4. The van der Waals surface area contributed by atoms with Crippen molar-refractivity contribution in [1.82, 2.24) is 5.43 Å². The Kier molecular flexibility index (Phi) is 6.52. The van der Waals surface area contributed by atoms with Gasteiger partial charge in [0.05, 0.1) is 11.1 Å². The molecule has 2 aliphatic carbocycles. The van der Waals surface area contributed by atoms with Crippen LogP contribution in [0.3, 0.4) is 0 Å². The molecule has 1 aromatic rings. The zero-order valence-corrected chi connectivity index (χ0v) is 15.3. The van der Waals surface area contributed by atoms with Crippen LogP contribution in [0.25, 0.3) is 0 Å². The summed E-state index contributed by atoms with van der Waals surface area (Å²) < 4.78 is 0. The summed E-state index contributed by atoms with van der Waals surface area (Å²) in [6, 6.07) is 6.06. The van der Waals surface area contributed by atoms with Gasteiger partial charge in [-0.1, -0.05) is 24.3 Å². The van der Waals surface area contributed by atoms with E-state index in [1.807, 2.05) is 0 Å². The number of nitrogens with zero attached hydrogens (tertiary/aromatic N) is 2. The number of fused-ring (bicyclic) bond motifs is 1. The lowest BCUT2D eigenvalue weighted by Crippen LogP contribution is -2.21. The van der Waals surface area contributed by atoms with Crippen LogP contribution in [0.4, 0.5) is 5.69 Å². The third kappa shape index (κ3) is 5.36. The first-order valence-electron chi connectivity index (χ1n) is 9.54. The van der Waals surface area contributed by atoms with Gasteiger partial charge in [-0.2, -0.15) is 5.10 Å². The Morgan fingerprint density at radius 2 is 1.56 bits per heavy atom. The van der Waals surface area contributed by atoms with E-state index in [0.717, 1.165) is 38.5 Å². The summed E-state index contributed by atoms with van der Waals surface area (Å²) in [7, 11) is 0. The number of carbonyl (C=O) groups excluding carboxylic acids is 1. The second-order valence-electron chi connectivity index (χ2n) is 7.11. The second kappa shape index (κ2) is 9.26. The first-order valence-corrected chi connectivity index (χ1v) is 9.54. The van der Waals surface area contributed by atoms with Gasteiger partial charge in [0, 0.05) is 18.1 Å². The van der Waals surface area contributed by atoms with E-state index < -0.39 is 4.92 Å². The van der Waals surface area contributed by atoms with Gasteiger partial charge < -0.3 is 0 Å². The van der Waals surface area contributed by atoms with Crippen molar-refractivity contribution in [3.05, 3.63) is 64.2 Å². The molecule has 1 N–H and O–H groups in total. The minimum absolute atomic E-state index is 0.0222. The summed E-state index contributed by atoms with van der Waals surface area (Å²) in [4.78, 5) is 22.7. The predicted octanol–water partition coefficient (Wildman–Crippen LogP) is 4.37. The molecule has 0 aliphatic heterocycles. The summed E-state index contributed by atoms with van der Waals surface area (Å²) in [5.74, 6) is 0.904. The lowest BCUT2D eigenvalue weighted by molar-refractivity contribution is -0.384. The van der Waals surface area contributed by atoms with E-state index in [1.54, 1.807) is 12.1 Å². The molecule has 0 radical (unpaired) electrons. The lowest BCUT2D eigenvalue weighted by Gasteiger charge is -1.99. The Morgan fingerprint density at radius 3 is 2.11 bits per heavy atom. The van der Waals surface area contributed by atoms with Crippen molar-refractivity contribution in [2.45, 2.75) is 38.5 Å². The van der Waals surface area contributed by atoms with Gasteiger partial charge in [-0.3, -0.25) is 14.9 Å². The van der Waals surface area contributed by atoms with Crippen molar-refractivity contribution in [3.63, 3.8) is 0 Å². The molecule has 27 heavy (non-hydrogen) atoms. The molecule has 1 unspecified atom stereocenters. The van der Waals surface area contributed by atoms with Crippen LogP contribution in [0, 0.1) is 27.9 Å². The number of nitro groups is 1. The molecule has 6 nitrogen and oxygen atoms in total.